The number of pyridine rings is 1. The van der Waals surface area contributed by atoms with Crippen LogP contribution in [-0.2, 0) is 11.3 Å². The number of nitrogen functional groups attached to an aromatic ring is 1. The highest BCUT2D eigenvalue weighted by Gasteiger charge is 2.17. The predicted octanol–water partition coefficient (Wildman–Crippen LogP) is 0.978. The van der Waals surface area contributed by atoms with Gasteiger partial charge in [-0.3, -0.25) is 4.90 Å². The first-order chi connectivity index (χ1) is 8.28. The van der Waals surface area contributed by atoms with Crippen molar-refractivity contribution in [2.45, 2.75) is 25.5 Å². The smallest absolute Gasteiger partial charge is 0.140 e. The maximum Gasteiger partial charge on any atom is 0.140 e. The fraction of sp³-hybridized carbons (Fsp3) is 0.583. The molecule has 0 spiro atoms. The quantitative estimate of drug-likeness (QED) is 0.589. The number of aromatic nitrogens is 1. The third kappa shape index (κ3) is 3.66. The second kappa shape index (κ2) is 5.95. The molecule has 1 aliphatic rings. The van der Waals surface area contributed by atoms with Gasteiger partial charge in [0.1, 0.15) is 5.82 Å². The van der Waals surface area contributed by atoms with E-state index in [1.807, 2.05) is 12.1 Å². The van der Waals surface area contributed by atoms with Crippen molar-refractivity contribution in [1.82, 2.24) is 9.88 Å². The highest BCUT2D eigenvalue weighted by atomic mass is 16.5. The summed E-state index contributed by atoms with van der Waals surface area (Å²) in [6, 6.07) is 3.97. The number of rotatable bonds is 5. The Balaban J connectivity index is 1.85. The van der Waals surface area contributed by atoms with E-state index in [0.29, 0.717) is 11.9 Å². The Bertz CT molecular complexity index is 352. The first kappa shape index (κ1) is 12.3. The van der Waals surface area contributed by atoms with Crippen molar-refractivity contribution in [2.24, 2.45) is 5.84 Å². The summed E-state index contributed by atoms with van der Waals surface area (Å²) < 4.78 is 5.62. The van der Waals surface area contributed by atoms with E-state index in [-0.39, 0.29) is 0 Å². The Kier molecular flexibility index (Phi) is 4.30. The summed E-state index contributed by atoms with van der Waals surface area (Å²) >= 11 is 0. The van der Waals surface area contributed by atoms with Crippen molar-refractivity contribution in [3.63, 3.8) is 0 Å². The van der Waals surface area contributed by atoms with Crippen molar-refractivity contribution in [3.05, 3.63) is 23.9 Å². The Hall–Kier alpha value is -1.17. The minimum Gasteiger partial charge on any atom is -0.377 e. The molecule has 0 aliphatic carbocycles. The molecule has 0 bridgehead atoms. The molecular formula is C12H20N4O. The summed E-state index contributed by atoms with van der Waals surface area (Å²) in [7, 11) is 2.11. The lowest BCUT2D eigenvalue weighted by Crippen LogP contribution is -2.28. The molecule has 5 heteroatoms. The number of nitrogens with one attached hydrogen (secondary N) is 1. The Morgan fingerprint density at radius 1 is 1.65 bits per heavy atom. The third-order valence-corrected chi connectivity index (χ3v) is 2.96. The van der Waals surface area contributed by atoms with Crippen molar-refractivity contribution in [3.8, 4) is 0 Å². The monoisotopic (exact) mass is 236 g/mol. The molecule has 1 aromatic heterocycles. The van der Waals surface area contributed by atoms with Gasteiger partial charge in [0.15, 0.2) is 0 Å². The highest BCUT2D eigenvalue weighted by Crippen LogP contribution is 2.14. The summed E-state index contributed by atoms with van der Waals surface area (Å²) in [4.78, 5) is 6.36. The summed E-state index contributed by atoms with van der Waals surface area (Å²) in [6.45, 7) is 2.78. The van der Waals surface area contributed by atoms with Crippen LogP contribution in [0.4, 0.5) is 5.82 Å². The van der Waals surface area contributed by atoms with Crippen LogP contribution in [0, 0.1) is 0 Å². The molecule has 0 saturated carbocycles. The molecule has 0 amide bonds. The molecule has 17 heavy (non-hydrogen) atoms. The topological polar surface area (TPSA) is 63.4 Å². The molecule has 94 valence electrons. The van der Waals surface area contributed by atoms with Crippen molar-refractivity contribution < 1.29 is 4.74 Å². The van der Waals surface area contributed by atoms with Gasteiger partial charge in [-0.2, -0.15) is 0 Å². The van der Waals surface area contributed by atoms with E-state index in [1.165, 1.54) is 18.4 Å². The Morgan fingerprint density at radius 2 is 2.53 bits per heavy atom. The molecule has 0 radical (unpaired) electrons. The first-order valence-corrected chi connectivity index (χ1v) is 5.99. The molecule has 1 fully saturated rings. The van der Waals surface area contributed by atoms with Gasteiger partial charge in [-0.15, -0.1) is 0 Å². The molecule has 1 aromatic rings. The number of anilines is 1. The SMILES string of the molecule is CN(Cc1ccnc(NN)c1)CC1CCCO1. The molecule has 1 saturated heterocycles. The molecule has 1 aliphatic heterocycles. The second-order valence-electron chi connectivity index (χ2n) is 4.53. The van der Waals surface area contributed by atoms with E-state index in [4.69, 9.17) is 10.6 Å². The average Bonchev–Trinajstić information content (AvgIpc) is 2.82. The van der Waals surface area contributed by atoms with Crippen LogP contribution in [0.15, 0.2) is 18.3 Å². The standard InChI is InChI=1S/C12H20N4O/c1-16(9-11-3-2-6-17-11)8-10-4-5-14-12(7-10)15-13/h4-5,7,11H,2-3,6,8-9,13H2,1H3,(H,14,15). The average molecular weight is 236 g/mol. The lowest BCUT2D eigenvalue weighted by Gasteiger charge is -2.20. The van der Waals surface area contributed by atoms with Crippen molar-refractivity contribution >= 4 is 5.82 Å². The number of nitrogens with two attached hydrogens (primary N) is 1. The lowest BCUT2D eigenvalue weighted by atomic mass is 10.2. The van der Waals surface area contributed by atoms with Gasteiger partial charge in [0.2, 0.25) is 0 Å². The number of hydrogen-bond acceptors (Lipinski definition) is 5. The third-order valence-electron chi connectivity index (χ3n) is 2.96. The molecule has 2 rings (SSSR count). The maximum absolute atomic E-state index is 5.62. The number of ether oxygens (including phenoxy) is 1. The minimum absolute atomic E-state index is 0.397. The van der Waals surface area contributed by atoms with Gasteiger partial charge in [-0.1, -0.05) is 0 Å². The number of hydrogen-bond donors (Lipinski definition) is 2. The van der Waals surface area contributed by atoms with Crippen LogP contribution in [0.5, 0.6) is 0 Å². The van der Waals surface area contributed by atoms with Crippen LogP contribution in [0.1, 0.15) is 18.4 Å². The zero-order chi connectivity index (χ0) is 12.1. The molecule has 1 atom stereocenters. The normalized spacial score (nSPS) is 19.8. The zero-order valence-corrected chi connectivity index (χ0v) is 10.2. The fourth-order valence-electron chi connectivity index (χ4n) is 2.16. The summed E-state index contributed by atoms with van der Waals surface area (Å²) in [5.74, 6) is 6.04. The van der Waals surface area contributed by atoms with E-state index in [1.54, 1.807) is 6.20 Å². The van der Waals surface area contributed by atoms with Crippen LogP contribution >= 0.6 is 0 Å². The van der Waals surface area contributed by atoms with Crippen molar-refractivity contribution in [1.29, 1.82) is 0 Å². The van der Waals surface area contributed by atoms with Gasteiger partial charge in [0.25, 0.3) is 0 Å². The minimum atomic E-state index is 0.397. The van der Waals surface area contributed by atoms with Crippen LogP contribution < -0.4 is 11.3 Å². The number of nitrogens with zero attached hydrogens (tertiary/aromatic N) is 2. The van der Waals surface area contributed by atoms with Gasteiger partial charge in [0.05, 0.1) is 6.10 Å². The van der Waals surface area contributed by atoms with E-state index in [0.717, 1.165) is 19.7 Å². The van der Waals surface area contributed by atoms with Gasteiger partial charge in [-0.05, 0) is 37.6 Å². The van der Waals surface area contributed by atoms with E-state index in [9.17, 15) is 0 Å². The van der Waals surface area contributed by atoms with Crippen LogP contribution in [0.3, 0.4) is 0 Å². The molecule has 1 unspecified atom stereocenters. The Labute approximate surface area is 102 Å². The van der Waals surface area contributed by atoms with Crippen molar-refractivity contribution in [2.75, 3.05) is 25.6 Å². The Morgan fingerprint density at radius 3 is 3.24 bits per heavy atom. The van der Waals surface area contributed by atoms with E-state index < -0.39 is 0 Å². The van der Waals surface area contributed by atoms with Crippen LogP contribution in [0.25, 0.3) is 0 Å². The highest BCUT2D eigenvalue weighted by molar-refractivity contribution is 5.35. The molecule has 3 N–H and O–H groups in total. The number of hydrazine groups is 1. The lowest BCUT2D eigenvalue weighted by molar-refractivity contribution is 0.0793. The molecule has 0 aromatic carbocycles. The van der Waals surface area contributed by atoms with E-state index >= 15 is 0 Å². The fourth-order valence-corrected chi connectivity index (χ4v) is 2.16. The van der Waals surface area contributed by atoms with Gasteiger partial charge >= 0.3 is 0 Å². The summed E-state index contributed by atoms with van der Waals surface area (Å²) in [6.07, 6.45) is 4.53. The summed E-state index contributed by atoms with van der Waals surface area (Å²) in [5.41, 5.74) is 3.76. The molecule has 5 nitrogen and oxygen atoms in total. The summed E-state index contributed by atoms with van der Waals surface area (Å²) in [5, 5.41) is 0. The van der Waals surface area contributed by atoms with E-state index in [2.05, 4.69) is 22.4 Å². The van der Waals surface area contributed by atoms with Crippen LogP contribution in [-0.4, -0.2) is 36.2 Å². The van der Waals surface area contributed by atoms with Gasteiger partial charge in [-0.25, -0.2) is 10.8 Å². The molecule has 2 heterocycles. The van der Waals surface area contributed by atoms with Crippen LogP contribution in [0.2, 0.25) is 0 Å². The molecular weight excluding hydrogens is 216 g/mol. The van der Waals surface area contributed by atoms with Gasteiger partial charge in [0, 0.05) is 25.9 Å². The van der Waals surface area contributed by atoms with Gasteiger partial charge < -0.3 is 10.2 Å². The largest absolute Gasteiger partial charge is 0.377 e. The number of likely N-dealkylation sites (N-methyl/N-ethyl adjacent to an activating group) is 1. The first-order valence-electron chi connectivity index (χ1n) is 5.99. The maximum atomic E-state index is 5.62. The second-order valence-corrected chi connectivity index (χ2v) is 4.53. The zero-order valence-electron chi connectivity index (χ0n) is 10.2. The predicted molar refractivity (Wildman–Crippen MR) is 67.4 cm³/mol.